The van der Waals surface area contributed by atoms with Crippen molar-refractivity contribution in [3.05, 3.63) is 89.6 Å². The third-order valence-electron chi connectivity index (χ3n) is 5.76. The Hall–Kier alpha value is -3.48. The first kappa shape index (κ1) is 21.7. The molecule has 0 aliphatic carbocycles. The van der Waals surface area contributed by atoms with Gasteiger partial charge < -0.3 is 15.1 Å². The van der Waals surface area contributed by atoms with Crippen molar-refractivity contribution < 1.29 is 13.6 Å². The topological polar surface area (TPSA) is 48.5 Å². The molecule has 32 heavy (non-hydrogen) atoms. The Morgan fingerprint density at radius 2 is 1.66 bits per heavy atom. The van der Waals surface area contributed by atoms with E-state index in [2.05, 4.69) is 32.2 Å². The average molecular weight is 437 g/mol. The summed E-state index contributed by atoms with van der Waals surface area (Å²) in [6.07, 6.45) is 1.47. The molecule has 1 aromatic heterocycles. The second-order valence-electron chi connectivity index (χ2n) is 7.92. The second-order valence-corrected chi connectivity index (χ2v) is 7.92. The van der Waals surface area contributed by atoms with Gasteiger partial charge in [0, 0.05) is 43.6 Å². The maximum absolute atomic E-state index is 13.8. The molecule has 1 saturated heterocycles. The number of pyridine rings is 1. The van der Waals surface area contributed by atoms with Gasteiger partial charge in [0.1, 0.15) is 17.5 Å². The standard InChI is InChI=1S/C25H26F2N4O/c1-18(29-25(32)17-21-22(26)8-5-9-23(21)27)19-6-4-7-20(16-19)30-12-14-31(15-13-30)24-10-2-3-11-28-24/h2-11,16,18H,12-15,17H2,1H3,(H,29,32)/t18-/m0/s1. The van der Waals surface area contributed by atoms with Crippen LogP contribution in [0.5, 0.6) is 0 Å². The van der Waals surface area contributed by atoms with E-state index in [9.17, 15) is 13.6 Å². The molecule has 0 unspecified atom stereocenters. The number of hydrogen-bond acceptors (Lipinski definition) is 4. The van der Waals surface area contributed by atoms with Crippen LogP contribution in [0.25, 0.3) is 0 Å². The van der Waals surface area contributed by atoms with E-state index in [1.54, 1.807) is 6.20 Å². The van der Waals surface area contributed by atoms with Crippen LogP contribution in [0.15, 0.2) is 66.9 Å². The minimum Gasteiger partial charge on any atom is -0.368 e. The Kier molecular flexibility index (Phi) is 6.63. The third-order valence-corrected chi connectivity index (χ3v) is 5.76. The summed E-state index contributed by atoms with van der Waals surface area (Å²) < 4.78 is 27.7. The summed E-state index contributed by atoms with van der Waals surface area (Å²) in [4.78, 5) is 21.4. The lowest BCUT2D eigenvalue weighted by Gasteiger charge is -2.37. The van der Waals surface area contributed by atoms with Crippen LogP contribution in [0.3, 0.4) is 0 Å². The summed E-state index contributed by atoms with van der Waals surface area (Å²) >= 11 is 0. The van der Waals surface area contributed by atoms with Crippen LogP contribution in [-0.2, 0) is 11.2 Å². The molecular formula is C25H26F2N4O. The molecule has 1 fully saturated rings. The molecule has 0 spiro atoms. The van der Waals surface area contributed by atoms with Crippen molar-refractivity contribution in [3.8, 4) is 0 Å². The largest absolute Gasteiger partial charge is 0.368 e. The van der Waals surface area contributed by atoms with E-state index in [0.29, 0.717) is 0 Å². The van der Waals surface area contributed by atoms with Gasteiger partial charge in [0.15, 0.2) is 0 Å². The first-order valence-corrected chi connectivity index (χ1v) is 10.7. The predicted octanol–water partition coefficient (Wildman–Crippen LogP) is 4.11. The highest BCUT2D eigenvalue weighted by atomic mass is 19.1. The number of nitrogens with one attached hydrogen (secondary N) is 1. The zero-order valence-electron chi connectivity index (χ0n) is 18.0. The van der Waals surface area contributed by atoms with Crippen molar-refractivity contribution in [2.24, 2.45) is 0 Å². The van der Waals surface area contributed by atoms with Crippen LogP contribution < -0.4 is 15.1 Å². The van der Waals surface area contributed by atoms with Crippen LogP contribution in [0, 0.1) is 11.6 Å². The highest BCUT2D eigenvalue weighted by Gasteiger charge is 2.20. The third kappa shape index (κ3) is 5.04. The Bertz CT molecular complexity index is 1050. The lowest BCUT2D eigenvalue weighted by atomic mass is 10.1. The molecule has 1 amide bonds. The predicted molar refractivity (Wildman–Crippen MR) is 122 cm³/mol. The minimum atomic E-state index is -0.709. The molecule has 5 nitrogen and oxygen atoms in total. The highest BCUT2D eigenvalue weighted by Crippen LogP contribution is 2.23. The SMILES string of the molecule is C[C@H](NC(=O)Cc1c(F)cccc1F)c1cccc(N2CCN(c3ccccn3)CC2)c1. The summed E-state index contributed by atoms with van der Waals surface area (Å²) in [6, 6.07) is 17.3. The Morgan fingerprint density at radius 1 is 0.969 bits per heavy atom. The van der Waals surface area contributed by atoms with Crippen LogP contribution in [0.2, 0.25) is 0 Å². The zero-order chi connectivity index (χ0) is 22.5. The first-order chi connectivity index (χ1) is 15.5. The number of amides is 1. The van der Waals surface area contributed by atoms with Crippen LogP contribution in [-0.4, -0.2) is 37.1 Å². The molecule has 3 aromatic rings. The summed E-state index contributed by atoms with van der Waals surface area (Å²) in [5.41, 5.74) is 1.82. The average Bonchev–Trinajstić information content (AvgIpc) is 2.82. The molecule has 0 saturated carbocycles. The molecule has 1 atom stereocenters. The second kappa shape index (κ2) is 9.77. The fraction of sp³-hybridized carbons (Fsp3) is 0.280. The summed E-state index contributed by atoms with van der Waals surface area (Å²) in [6.45, 7) is 5.36. The van der Waals surface area contributed by atoms with Gasteiger partial charge in [-0.15, -0.1) is 0 Å². The van der Waals surface area contributed by atoms with Crippen LogP contribution in [0.4, 0.5) is 20.3 Å². The van der Waals surface area contributed by atoms with Gasteiger partial charge in [0.2, 0.25) is 5.91 Å². The Labute approximate surface area is 186 Å². The summed E-state index contributed by atoms with van der Waals surface area (Å²) in [5.74, 6) is -0.848. The maximum atomic E-state index is 13.8. The molecule has 7 heteroatoms. The van der Waals surface area contributed by atoms with Crippen molar-refractivity contribution in [2.75, 3.05) is 36.0 Å². The number of carbonyl (C=O) groups is 1. The fourth-order valence-corrected chi connectivity index (χ4v) is 3.96. The number of benzene rings is 2. The smallest absolute Gasteiger partial charge is 0.225 e. The summed E-state index contributed by atoms with van der Waals surface area (Å²) in [7, 11) is 0. The Balaban J connectivity index is 1.37. The maximum Gasteiger partial charge on any atom is 0.225 e. The summed E-state index contributed by atoms with van der Waals surface area (Å²) in [5, 5.41) is 2.85. The van der Waals surface area contributed by atoms with E-state index in [0.717, 1.165) is 55.4 Å². The molecule has 1 aliphatic heterocycles. The minimum absolute atomic E-state index is 0.211. The van der Waals surface area contributed by atoms with Gasteiger partial charge in [-0.05, 0) is 48.9 Å². The lowest BCUT2D eigenvalue weighted by molar-refractivity contribution is -0.121. The fourth-order valence-electron chi connectivity index (χ4n) is 3.96. The lowest BCUT2D eigenvalue weighted by Crippen LogP contribution is -2.46. The molecule has 1 N–H and O–H groups in total. The van der Waals surface area contributed by atoms with Gasteiger partial charge in [0.25, 0.3) is 0 Å². The van der Waals surface area contributed by atoms with Crippen LogP contribution >= 0.6 is 0 Å². The van der Waals surface area contributed by atoms with Gasteiger partial charge in [0.05, 0.1) is 12.5 Å². The van der Waals surface area contributed by atoms with Gasteiger partial charge in [-0.25, -0.2) is 13.8 Å². The number of nitrogens with zero attached hydrogens (tertiary/aromatic N) is 3. The van der Waals surface area contributed by atoms with Gasteiger partial charge in [-0.1, -0.05) is 24.3 Å². The normalized spacial score (nSPS) is 14.8. The highest BCUT2D eigenvalue weighted by molar-refractivity contribution is 5.79. The first-order valence-electron chi connectivity index (χ1n) is 10.7. The number of rotatable bonds is 6. The van der Waals surface area contributed by atoms with Crippen molar-refractivity contribution in [2.45, 2.75) is 19.4 Å². The number of hydrogen-bond donors (Lipinski definition) is 1. The van der Waals surface area contributed by atoms with E-state index in [1.165, 1.54) is 6.07 Å². The molecule has 2 aromatic carbocycles. The number of carbonyl (C=O) groups excluding carboxylic acids is 1. The van der Waals surface area contributed by atoms with E-state index in [-0.39, 0.29) is 18.0 Å². The Morgan fingerprint density at radius 3 is 2.34 bits per heavy atom. The molecule has 0 bridgehead atoms. The van der Waals surface area contributed by atoms with Gasteiger partial charge in [-0.2, -0.15) is 0 Å². The quantitative estimate of drug-likeness (QED) is 0.632. The molecule has 2 heterocycles. The number of halogens is 2. The van der Waals surface area contributed by atoms with Crippen molar-refractivity contribution in [1.82, 2.24) is 10.3 Å². The van der Waals surface area contributed by atoms with E-state index < -0.39 is 17.5 Å². The number of piperazine rings is 1. The number of anilines is 2. The van der Waals surface area contributed by atoms with Gasteiger partial charge in [-0.3, -0.25) is 4.79 Å². The van der Waals surface area contributed by atoms with E-state index in [4.69, 9.17) is 0 Å². The van der Waals surface area contributed by atoms with Gasteiger partial charge >= 0.3 is 0 Å². The van der Waals surface area contributed by atoms with E-state index >= 15 is 0 Å². The van der Waals surface area contributed by atoms with Crippen molar-refractivity contribution in [1.29, 1.82) is 0 Å². The van der Waals surface area contributed by atoms with Crippen LogP contribution in [0.1, 0.15) is 24.1 Å². The van der Waals surface area contributed by atoms with Crippen molar-refractivity contribution >= 4 is 17.4 Å². The monoisotopic (exact) mass is 436 g/mol. The zero-order valence-corrected chi connectivity index (χ0v) is 18.0. The molecular weight excluding hydrogens is 410 g/mol. The number of aromatic nitrogens is 1. The molecule has 4 rings (SSSR count). The van der Waals surface area contributed by atoms with Crippen molar-refractivity contribution in [3.63, 3.8) is 0 Å². The molecule has 166 valence electrons. The molecule has 1 aliphatic rings. The van der Waals surface area contributed by atoms with E-state index in [1.807, 2.05) is 37.3 Å². The molecule has 0 radical (unpaired) electrons.